The van der Waals surface area contributed by atoms with Gasteiger partial charge in [0.15, 0.2) is 0 Å². The number of ketones is 1. The minimum absolute atomic E-state index is 0.139. The summed E-state index contributed by atoms with van der Waals surface area (Å²) in [7, 11) is 0. The van der Waals surface area contributed by atoms with Gasteiger partial charge in [0.1, 0.15) is 5.82 Å². The first-order valence-electron chi connectivity index (χ1n) is 3.44. The third kappa shape index (κ3) is 1.10. The normalized spacial score (nSPS) is 14.3. The van der Waals surface area contributed by atoms with Crippen LogP contribution in [0.4, 0.5) is 10.1 Å². The third-order valence-electron chi connectivity index (χ3n) is 1.74. The summed E-state index contributed by atoms with van der Waals surface area (Å²) in [6, 6.07) is 2.33. The Morgan fingerprint density at radius 1 is 1.31 bits per heavy atom. The Hall–Kier alpha value is -1.42. The van der Waals surface area contributed by atoms with E-state index >= 15 is 0 Å². The number of carbonyl (C=O) groups is 2. The van der Waals surface area contributed by atoms with E-state index in [-0.39, 0.29) is 16.3 Å². The average molecular weight is 200 g/mol. The van der Waals surface area contributed by atoms with Crippen LogP contribution in [-0.4, -0.2) is 11.7 Å². The molecular weight excluding hydrogens is 197 g/mol. The van der Waals surface area contributed by atoms with Crippen LogP contribution in [0.1, 0.15) is 10.4 Å². The van der Waals surface area contributed by atoms with E-state index in [4.69, 9.17) is 11.6 Å². The van der Waals surface area contributed by atoms with Crippen LogP contribution in [0, 0.1) is 5.82 Å². The zero-order chi connectivity index (χ0) is 9.59. The van der Waals surface area contributed by atoms with E-state index in [0.717, 1.165) is 6.07 Å². The van der Waals surface area contributed by atoms with Crippen molar-refractivity contribution in [3.63, 3.8) is 0 Å². The van der Waals surface area contributed by atoms with Crippen molar-refractivity contribution in [1.29, 1.82) is 0 Å². The fourth-order valence-corrected chi connectivity index (χ4v) is 1.40. The fourth-order valence-electron chi connectivity index (χ4n) is 1.20. The maximum absolute atomic E-state index is 13.1. The highest BCUT2D eigenvalue weighted by atomic mass is 35.5. The Kier molecular flexibility index (Phi) is 1.60. The Balaban J connectivity index is 2.71. The summed E-state index contributed by atoms with van der Waals surface area (Å²) in [5.74, 6) is -2.45. The van der Waals surface area contributed by atoms with E-state index in [9.17, 15) is 14.0 Å². The van der Waals surface area contributed by atoms with Crippen molar-refractivity contribution >= 4 is 29.0 Å². The number of nitrogens with one attached hydrogen (secondary N) is 1. The van der Waals surface area contributed by atoms with Gasteiger partial charge in [0.25, 0.3) is 11.7 Å². The first kappa shape index (κ1) is 8.19. The number of amides is 1. The number of rotatable bonds is 0. The molecule has 1 amide bonds. The van der Waals surface area contributed by atoms with Gasteiger partial charge in [-0.2, -0.15) is 0 Å². The number of hydrogen-bond acceptors (Lipinski definition) is 2. The minimum Gasteiger partial charge on any atom is -0.318 e. The van der Waals surface area contributed by atoms with Crippen molar-refractivity contribution in [2.45, 2.75) is 0 Å². The summed E-state index contributed by atoms with van der Waals surface area (Å²) in [6.45, 7) is 0. The van der Waals surface area contributed by atoms with Crippen molar-refractivity contribution < 1.29 is 14.0 Å². The molecule has 0 atom stereocenters. The second-order valence-electron chi connectivity index (χ2n) is 2.59. The number of Topliss-reactive ketones (excluding diaryl/α,β-unsaturated/α-hetero) is 1. The molecule has 0 fully saturated rings. The van der Waals surface area contributed by atoms with Gasteiger partial charge < -0.3 is 5.32 Å². The Morgan fingerprint density at radius 2 is 2.00 bits per heavy atom. The van der Waals surface area contributed by atoms with Crippen molar-refractivity contribution in [2.75, 3.05) is 5.32 Å². The third-order valence-corrected chi connectivity index (χ3v) is 1.95. The summed E-state index contributed by atoms with van der Waals surface area (Å²) in [5.41, 5.74) is -0.0885. The quantitative estimate of drug-likeness (QED) is 0.646. The molecule has 0 spiro atoms. The van der Waals surface area contributed by atoms with Crippen LogP contribution in [0.3, 0.4) is 0 Å². The van der Waals surface area contributed by atoms with Gasteiger partial charge in [-0.05, 0) is 12.1 Å². The molecule has 5 heteroatoms. The van der Waals surface area contributed by atoms with E-state index in [0.29, 0.717) is 0 Å². The Morgan fingerprint density at radius 3 is 2.69 bits per heavy atom. The molecule has 1 aromatic carbocycles. The number of hydrogen-bond donors (Lipinski definition) is 1. The van der Waals surface area contributed by atoms with E-state index in [2.05, 4.69) is 5.32 Å². The van der Waals surface area contributed by atoms with Crippen LogP contribution in [0.5, 0.6) is 0 Å². The van der Waals surface area contributed by atoms with Gasteiger partial charge in [0, 0.05) is 5.02 Å². The summed E-state index contributed by atoms with van der Waals surface area (Å²) in [5, 5.41) is 2.36. The molecule has 1 aliphatic rings. The Bertz CT molecular complexity index is 430. The van der Waals surface area contributed by atoms with Gasteiger partial charge in [0.2, 0.25) is 0 Å². The molecule has 0 unspecified atom stereocenters. The van der Waals surface area contributed by atoms with Crippen LogP contribution in [0.15, 0.2) is 12.1 Å². The molecular formula is C8H3ClFNO2. The monoisotopic (exact) mass is 199 g/mol. The molecule has 13 heavy (non-hydrogen) atoms. The van der Waals surface area contributed by atoms with Gasteiger partial charge in [-0.3, -0.25) is 9.59 Å². The number of benzene rings is 1. The van der Waals surface area contributed by atoms with Gasteiger partial charge in [-0.15, -0.1) is 0 Å². The molecule has 0 aliphatic carbocycles. The molecule has 0 radical (unpaired) electrons. The SMILES string of the molecule is O=C1Nc2cc(Cl)cc(F)c2C1=O. The van der Waals surface area contributed by atoms with Crippen molar-refractivity contribution in [3.05, 3.63) is 28.5 Å². The largest absolute Gasteiger partial charge is 0.318 e. The zero-order valence-electron chi connectivity index (χ0n) is 6.23. The first-order valence-corrected chi connectivity index (χ1v) is 3.82. The highest BCUT2D eigenvalue weighted by Gasteiger charge is 2.31. The highest BCUT2D eigenvalue weighted by Crippen LogP contribution is 2.28. The van der Waals surface area contributed by atoms with Gasteiger partial charge in [-0.1, -0.05) is 11.6 Å². The summed E-state index contributed by atoms with van der Waals surface area (Å²) >= 11 is 5.52. The fraction of sp³-hybridized carbons (Fsp3) is 0. The van der Waals surface area contributed by atoms with Crippen LogP contribution in [-0.2, 0) is 4.79 Å². The molecule has 66 valence electrons. The predicted molar refractivity (Wildman–Crippen MR) is 44.4 cm³/mol. The lowest BCUT2D eigenvalue weighted by Crippen LogP contribution is -2.12. The summed E-state index contributed by atoms with van der Waals surface area (Å²) in [4.78, 5) is 21.9. The second kappa shape index (κ2) is 2.53. The second-order valence-corrected chi connectivity index (χ2v) is 3.03. The standard InChI is InChI=1S/C8H3ClFNO2/c9-3-1-4(10)6-5(2-3)11-8(13)7(6)12/h1-2H,(H,11,12,13). The van der Waals surface area contributed by atoms with Gasteiger partial charge >= 0.3 is 0 Å². The van der Waals surface area contributed by atoms with Crippen molar-refractivity contribution in [3.8, 4) is 0 Å². The molecule has 1 aromatic rings. The van der Waals surface area contributed by atoms with Crippen molar-refractivity contribution in [1.82, 2.24) is 0 Å². The molecule has 0 saturated heterocycles. The van der Waals surface area contributed by atoms with Crippen LogP contribution >= 0.6 is 11.6 Å². The number of carbonyl (C=O) groups excluding carboxylic acids is 2. The molecule has 2 rings (SSSR count). The van der Waals surface area contributed by atoms with E-state index in [1.165, 1.54) is 6.07 Å². The lowest BCUT2D eigenvalue weighted by molar-refractivity contribution is -0.112. The highest BCUT2D eigenvalue weighted by molar-refractivity contribution is 6.52. The van der Waals surface area contributed by atoms with Crippen molar-refractivity contribution in [2.24, 2.45) is 0 Å². The number of halogens is 2. The molecule has 0 saturated carbocycles. The lowest BCUT2D eigenvalue weighted by Gasteiger charge is -1.98. The lowest BCUT2D eigenvalue weighted by atomic mass is 10.1. The summed E-state index contributed by atoms with van der Waals surface area (Å²) < 4.78 is 13.1. The topological polar surface area (TPSA) is 46.2 Å². The molecule has 1 aliphatic heterocycles. The zero-order valence-corrected chi connectivity index (χ0v) is 6.98. The maximum atomic E-state index is 13.1. The van der Waals surface area contributed by atoms with E-state index < -0.39 is 17.5 Å². The van der Waals surface area contributed by atoms with Gasteiger partial charge in [-0.25, -0.2) is 4.39 Å². The van der Waals surface area contributed by atoms with Gasteiger partial charge in [0.05, 0.1) is 11.3 Å². The average Bonchev–Trinajstić information content (AvgIpc) is 2.27. The molecule has 3 nitrogen and oxygen atoms in total. The van der Waals surface area contributed by atoms with Crippen LogP contribution in [0.25, 0.3) is 0 Å². The molecule has 1 heterocycles. The van der Waals surface area contributed by atoms with Crippen LogP contribution < -0.4 is 5.32 Å². The number of fused-ring (bicyclic) bond motifs is 1. The Labute approximate surface area is 77.5 Å². The molecule has 1 N–H and O–H groups in total. The van der Waals surface area contributed by atoms with E-state index in [1.807, 2.05) is 0 Å². The summed E-state index contributed by atoms with van der Waals surface area (Å²) in [6.07, 6.45) is 0. The van der Waals surface area contributed by atoms with Crippen LogP contribution in [0.2, 0.25) is 5.02 Å². The number of anilines is 1. The minimum atomic E-state index is -0.857. The van der Waals surface area contributed by atoms with E-state index in [1.54, 1.807) is 0 Å². The molecule has 0 aromatic heterocycles. The first-order chi connectivity index (χ1) is 6.09. The predicted octanol–water partition coefficient (Wildman–Crippen LogP) is 1.61. The molecule has 0 bridgehead atoms. The smallest absolute Gasteiger partial charge is 0.296 e. The maximum Gasteiger partial charge on any atom is 0.296 e.